The Kier molecular flexibility index (Phi) is 4.48. The number of carbonyl (C=O) groups is 1. The number of benzene rings is 1. The fraction of sp³-hybridized carbons (Fsp3) is 0.417. The largest absolute Gasteiger partial charge is 0.326 e. The van der Waals surface area contributed by atoms with E-state index in [4.69, 9.17) is 17.3 Å². The van der Waals surface area contributed by atoms with E-state index in [0.29, 0.717) is 18.5 Å². The summed E-state index contributed by atoms with van der Waals surface area (Å²) in [5, 5.41) is 2.62. The maximum Gasteiger partial charge on any atom is 0.224 e. The second-order valence-electron chi connectivity index (χ2n) is 4.67. The second-order valence-corrected chi connectivity index (χ2v) is 5.07. The third-order valence-electron chi connectivity index (χ3n) is 2.20. The predicted octanol–water partition coefficient (Wildman–Crippen LogP) is 2.94. The summed E-state index contributed by atoms with van der Waals surface area (Å²) in [6.07, 6.45) is 0.864. The molecule has 0 aliphatic heterocycles. The van der Waals surface area contributed by atoms with Crippen LogP contribution in [0.15, 0.2) is 18.2 Å². The standard InChI is InChI=1S/C12H16ClFN2O/c1-12(2,15)6-5-11(17)16-8-3-4-9(13)10(14)7-8/h3-4,7H,5-6,15H2,1-2H3,(H,16,17). The fourth-order valence-corrected chi connectivity index (χ4v) is 1.35. The van der Waals surface area contributed by atoms with E-state index in [1.54, 1.807) is 6.07 Å². The molecule has 0 saturated heterocycles. The first-order valence-corrected chi connectivity index (χ1v) is 5.69. The van der Waals surface area contributed by atoms with Crippen molar-refractivity contribution < 1.29 is 9.18 Å². The molecule has 0 radical (unpaired) electrons. The molecule has 0 aliphatic rings. The molecular formula is C12H16ClFN2O. The van der Waals surface area contributed by atoms with Crippen LogP contribution in [0.5, 0.6) is 0 Å². The van der Waals surface area contributed by atoms with E-state index < -0.39 is 5.82 Å². The van der Waals surface area contributed by atoms with Crippen LogP contribution in [-0.4, -0.2) is 11.4 Å². The molecule has 0 atom stereocenters. The van der Waals surface area contributed by atoms with E-state index in [-0.39, 0.29) is 16.5 Å². The summed E-state index contributed by atoms with van der Waals surface area (Å²) in [5.41, 5.74) is 5.77. The third-order valence-corrected chi connectivity index (χ3v) is 2.51. The Balaban J connectivity index is 2.54. The van der Waals surface area contributed by atoms with Crippen LogP contribution in [0.1, 0.15) is 26.7 Å². The van der Waals surface area contributed by atoms with Gasteiger partial charge in [0.1, 0.15) is 5.82 Å². The topological polar surface area (TPSA) is 55.1 Å². The zero-order valence-electron chi connectivity index (χ0n) is 9.89. The number of halogens is 2. The lowest BCUT2D eigenvalue weighted by Crippen LogP contribution is -2.33. The van der Waals surface area contributed by atoms with Gasteiger partial charge in [-0.25, -0.2) is 4.39 Å². The lowest BCUT2D eigenvalue weighted by molar-refractivity contribution is -0.116. The number of carbonyl (C=O) groups excluding carboxylic acids is 1. The van der Waals surface area contributed by atoms with Crippen molar-refractivity contribution >= 4 is 23.2 Å². The fourth-order valence-electron chi connectivity index (χ4n) is 1.23. The normalized spacial score (nSPS) is 11.4. The zero-order valence-corrected chi connectivity index (χ0v) is 10.6. The average Bonchev–Trinajstić information content (AvgIpc) is 2.20. The lowest BCUT2D eigenvalue weighted by atomic mass is 10.00. The van der Waals surface area contributed by atoms with Gasteiger partial charge in [-0.05, 0) is 38.5 Å². The molecule has 1 aromatic carbocycles. The Morgan fingerprint density at radius 2 is 2.18 bits per heavy atom. The molecule has 1 rings (SSSR count). The molecule has 0 spiro atoms. The van der Waals surface area contributed by atoms with Crippen molar-refractivity contribution in [1.82, 2.24) is 0 Å². The highest BCUT2D eigenvalue weighted by Gasteiger charge is 2.13. The van der Waals surface area contributed by atoms with Crippen molar-refractivity contribution in [1.29, 1.82) is 0 Å². The van der Waals surface area contributed by atoms with E-state index in [2.05, 4.69) is 5.32 Å². The van der Waals surface area contributed by atoms with Gasteiger partial charge in [0, 0.05) is 17.6 Å². The summed E-state index contributed by atoms with van der Waals surface area (Å²) >= 11 is 5.53. The van der Waals surface area contributed by atoms with Crippen molar-refractivity contribution in [3.8, 4) is 0 Å². The maximum absolute atomic E-state index is 13.1. The summed E-state index contributed by atoms with van der Waals surface area (Å²) in [7, 11) is 0. The zero-order chi connectivity index (χ0) is 13.1. The SMILES string of the molecule is CC(C)(N)CCC(=O)Nc1ccc(Cl)c(F)c1. The van der Waals surface area contributed by atoms with E-state index in [9.17, 15) is 9.18 Å². The minimum absolute atomic E-state index is 0.0334. The minimum atomic E-state index is -0.552. The first kappa shape index (κ1) is 13.9. The molecule has 5 heteroatoms. The van der Waals surface area contributed by atoms with Crippen molar-refractivity contribution in [2.45, 2.75) is 32.2 Å². The quantitative estimate of drug-likeness (QED) is 0.872. The van der Waals surface area contributed by atoms with Gasteiger partial charge in [-0.2, -0.15) is 0 Å². The number of anilines is 1. The van der Waals surface area contributed by atoms with E-state index in [0.717, 1.165) is 0 Å². The minimum Gasteiger partial charge on any atom is -0.326 e. The van der Waals surface area contributed by atoms with Gasteiger partial charge in [0.15, 0.2) is 0 Å². The second kappa shape index (κ2) is 5.47. The Labute approximate surface area is 105 Å². The number of rotatable bonds is 4. The average molecular weight is 259 g/mol. The molecule has 0 aliphatic carbocycles. The van der Waals surface area contributed by atoms with Crippen molar-refractivity contribution in [2.24, 2.45) is 5.73 Å². The van der Waals surface area contributed by atoms with E-state index in [1.165, 1.54) is 12.1 Å². The van der Waals surface area contributed by atoms with Crippen LogP contribution in [0.2, 0.25) is 5.02 Å². The Hall–Kier alpha value is -1.13. The molecule has 0 fully saturated rings. The molecule has 94 valence electrons. The molecule has 1 aromatic rings. The van der Waals surface area contributed by atoms with Crippen molar-refractivity contribution in [2.75, 3.05) is 5.32 Å². The Morgan fingerprint density at radius 3 is 2.71 bits per heavy atom. The molecule has 0 bridgehead atoms. The number of hydrogen-bond donors (Lipinski definition) is 2. The van der Waals surface area contributed by atoms with Gasteiger partial charge < -0.3 is 11.1 Å². The molecule has 17 heavy (non-hydrogen) atoms. The van der Waals surface area contributed by atoms with Crippen molar-refractivity contribution in [3.05, 3.63) is 29.0 Å². The Morgan fingerprint density at radius 1 is 1.53 bits per heavy atom. The first-order valence-electron chi connectivity index (χ1n) is 5.32. The smallest absolute Gasteiger partial charge is 0.224 e. The van der Waals surface area contributed by atoms with Gasteiger partial charge in [0.05, 0.1) is 5.02 Å². The first-order chi connectivity index (χ1) is 7.78. The summed E-state index contributed by atoms with van der Waals surface area (Å²) in [4.78, 5) is 11.5. The summed E-state index contributed by atoms with van der Waals surface area (Å²) < 4.78 is 13.1. The van der Waals surface area contributed by atoms with Crippen LogP contribution >= 0.6 is 11.6 Å². The van der Waals surface area contributed by atoms with Crippen LogP contribution in [0, 0.1) is 5.82 Å². The van der Waals surface area contributed by atoms with Gasteiger partial charge in [0.25, 0.3) is 0 Å². The van der Waals surface area contributed by atoms with Crippen LogP contribution in [0.25, 0.3) is 0 Å². The van der Waals surface area contributed by atoms with Gasteiger partial charge in [-0.15, -0.1) is 0 Å². The number of hydrogen-bond acceptors (Lipinski definition) is 2. The van der Waals surface area contributed by atoms with Gasteiger partial charge in [0.2, 0.25) is 5.91 Å². The van der Waals surface area contributed by atoms with Gasteiger partial charge in [-0.3, -0.25) is 4.79 Å². The highest BCUT2D eigenvalue weighted by molar-refractivity contribution is 6.30. The third kappa shape index (κ3) is 5.15. The highest BCUT2D eigenvalue weighted by atomic mass is 35.5. The number of nitrogens with two attached hydrogens (primary N) is 1. The molecule has 1 amide bonds. The van der Waals surface area contributed by atoms with E-state index >= 15 is 0 Å². The van der Waals surface area contributed by atoms with E-state index in [1.807, 2.05) is 13.8 Å². The van der Waals surface area contributed by atoms with Gasteiger partial charge in [-0.1, -0.05) is 11.6 Å². The molecule has 3 N–H and O–H groups in total. The summed E-state index contributed by atoms with van der Waals surface area (Å²) in [6, 6.07) is 4.14. The molecule has 0 saturated carbocycles. The predicted molar refractivity (Wildman–Crippen MR) is 67.5 cm³/mol. The number of nitrogens with one attached hydrogen (secondary N) is 1. The lowest BCUT2D eigenvalue weighted by Gasteiger charge is -2.17. The number of amides is 1. The summed E-state index contributed by atoms with van der Waals surface area (Å²) in [6.45, 7) is 3.70. The van der Waals surface area contributed by atoms with Gasteiger partial charge >= 0.3 is 0 Å². The Bertz CT molecular complexity index is 415. The van der Waals surface area contributed by atoms with Crippen LogP contribution in [0.4, 0.5) is 10.1 Å². The highest BCUT2D eigenvalue weighted by Crippen LogP contribution is 2.19. The van der Waals surface area contributed by atoms with Crippen LogP contribution < -0.4 is 11.1 Å². The molecule has 0 unspecified atom stereocenters. The molecule has 3 nitrogen and oxygen atoms in total. The molecular weight excluding hydrogens is 243 g/mol. The van der Waals surface area contributed by atoms with Crippen LogP contribution in [-0.2, 0) is 4.79 Å². The maximum atomic E-state index is 13.1. The van der Waals surface area contributed by atoms with Crippen molar-refractivity contribution in [3.63, 3.8) is 0 Å². The monoisotopic (exact) mass is 258 g/mol. The molecule has 0 aromatic heterocycles. The van der Waals surface area contributed by atoms with Crippen LogP contribution in [0.3, 0.4) is 0 Å². The molecule has 0 heterocycles. The summed E-state index contributed by atoms with van der Waals surface area (Å²) in [5.74, 6) is -0.742.